The molecule has 0 radical (unpaired) electrons. The second-order valence-electron chi connectivity index (χ2n) is 6.89. The van der Waals surface area contributed by atoms with Crippen LogP contribution in [0.15, 0.2) is 24.5 Å². The third-order valence-corrected chi connectivity index (χ3v) is 5.07. The van der Waals surface area contributed by atoms with E-state index in [1.807, 2.05) is 6.33 Å². The molecule has 5 nitrogen and oxygen atoms in total. The van der Waals surface area contributed by atoms with E-state index in [9.17, 15) is 9.90 Å². The highest BCUT2D eigenvalue weighted by Gasteiger charge is 2.24. The van der Waals surface area contributed by atoms with E-state index in [0.717, 1.165) is 43.5 Å². The number of rotatable bonds is 8. The lowest BCUT2D eigenvalue weighted by molar-refractivity contribution is -0.142. The molecule has 0 aliphatic carbocycles. The molecule has 1 unspecified atom stereocenters. The molecule has 25 heavy (non-hydrogen) atoms. The molecule has 3 N–H and O–H groups in total. The Morgan fingerprint density at radius 2 is 2.24 bits per heavy atom. The van der Waals surface area contributed by atoms with E-state index in [2.05, 4.69) is 34.7 Å². The van der Waals surface area contributed by atoms with Gasteiger partial charge >= 0.3 is 5.97 Å². The van der Waals surface area contributed by atoms with Crippen LogP contribution in [0.2, 0.25) is 0 Å². The van der Waals surface area contributed by atoms with E-state index >= 15 is 0 Å². The van der Waals surface area contributed by atoms with Crippen molar-refractivity contribution >= 4 is 5.97 Å². The van der Waals surface area contributed by atoms with Gasteiger partial charge in [0.05, 0.1) is 17.9 Å². The quantitative estimate of drug-likeness (QED) is 0.773. The summed E-state index contributed by atoms with van der Waals surface area (Å²) < 4.78 is 2.14. The van der Waals surface area contributed by atoms with E-state index in [1.165, 1.54) is 16.8 Å². The van der Waals surface area contributed by atoms with Gasteiger partial charge in [0, 0.05) is 17.8 Å². The molecule has 1 aliphatic heterocycles. The molecular formula is C20H27N3O2. The van der Waals surface area contributed by atoms with E-state index < -0.39 is 11.9 Å². The zero-order valence-electron chi connectivity index (χ0n) is 14.9. The van der Waals surface area contributed by atoms with Gasteiger partial charge in [0.2, 0.25) is 0 Å². The molecule has 0 saturated carbocycles. The van der Waals surface area contributed by atoms with E-state index in [1.54, 1.807) is 0 Å². The lowest BCUT2D eigenvalue weighted by atomic mass is 9.93. The van der Waals surface area contributed by atoms with Crippen molar-refractivity contribution in [3.05, 3.63) is 47.0 Å². The second kappa shape index (κ2) is 7.83. The maximum atomic E-state index is 11.5. The highest BCUT2D eigenvalue weighted by atomic mass is 16.4. The number of carboxylic acid groups (broad SMARTS) is 1. The highest BCUT2D eigenvalue weighted by Crippen LogP contribution is 2.29. The van der Waals surface area contributed by atoms with Crippen LogP contribution in [0.25, 0.3) is 5.69 Å². The summed E-state index contributed by atoms with van der Waals surface area (Å²) in [4.78, 5) is 16.1. The van der Waals surface area contributed by atoms with E-state index in [0.29, 0.717) is 19.4 Å². The number of imidazole rings is 1. The molecule has 2 heterocycles. The normalized spacial score (nSPS) is 14.0. The number of hydrogen-bond acceptors (Lipinski definition) is 3. The maximum absolute atomic E-state index is 11.5. The first-order valence-corrected chi connectivity index (χ1v) is 9.24. The predicted molar refractivity (Wildman–Crippen MR) is 98.1 cm³/mol. The number of aromatic nitrogens is 2. The van der Waals surface area contributed by atoms with Gasteiger partial charge in [0.1, 0.15) is 0 Å². The molecule has 0 saturated heterocycles. The Labute approximate surface area is 148 Å². The number of carbonyl (C=O) groups is 1. The Morgan fingerprint density at radius 3 is 2.96 bits per heavy atom. The van der Waals surface area contributed by atoms with Crippen LogP contribution >= 0.6 is 0 Å². The molecule has 3 rings (SSSR count). The van der Waals surface area contributed by atoms with Crippen LogP contribution in [0, 0.1) is 5.92 Å². The van der Waals surface area contributed by atoms with Gasteiger partial charge in [-0.3, -0.25) is 4.79 Å². The van der Waals surface area contributed by atoms with Crippen molar-refractivity contribution < 1.29 is 9.90 Å². The summed E-state index contributed by atoms with van der Waals surface area (Å²) in [5, 5.41) is 9.47. The van der Waals surface area contributed by atoms with Crippen molar-refractivity contribution in [2.75, 3.05) is 6.54 Å². The molecule has 0 bridgehead atoms. The van der Waals surface area contributed by atoms with Crippen molar-refractivity contribution in [1.82, 2.24) is 9.55 Å². The van der Waals surface area contributed by atoms with Gasteiger partial charge < -0.3 is 15.4 Å². The molecule has 1 aromatic carbocycles. The molecule has 5 heteroatoms. The van der Waals surface area contributed by atoms with Gasteiger partial charge in [0.25, 0.3) is 0 Å². The fourth-order valence-corrected chi connectivity index (χ4v) is 3.74. The summed E-state index contributed by atoms with van der Waals surface area (Å²) in [7, 11) is 0. The van der Waals surface area contributed by atoms with Crippen LogP contribution in [-0.4, -0.2) is 27.2 Å². The molecule has 134 valence electrons. The van der Waals surface area contributed by atoms with Gasteiger partial charge in [-0.15, -0.1) is 0 Å². The molecule has 1 aliphatic rings. The van der Waals surface area contributed by atoms with Gasteiger partial charge in [-0.05, 0) is 55.8 Å². The van der Waals surface area contributed by atoms with Crippen molar-refractivity contribution in [3.63, 3.8) is 0 Å². The van der Waals surface area contributed by atoms with Gasteiger partial charge in [-0.1, -0.05) is 25.5 Å². The van der Waals surface area contributed by atoms with Crippen LogP contribution in [-0.2, 0) is 30.5 Å². The minimum atomic E-state index is -0.754. The molecule has 0 spiro atoms. The number of nitrogens with zero attached hydrogens (tertiary/aromatic N) is 2. The summed E-state index contributed by atoms with van der Waals surface area (Å²) in [6.07, 6.45) is 7.85. The number of carboxylic acids is 1. The average molecular weight is 341 g/mol. The zero-order chi connectivity index (χ0) is 17.8. The van der Waals surface area contributed by atoms with Crippen molar-refractivity contribution in [2.24, 2.45) is 11.7 Å². The van der Waals surface area contributed by atoms with E-state index in [-0.39, 0.29) is 0 Å². The number of benzene rings is 1. The first kappa shape index (κ1) is 17.7. The summed E-state index contributed by atoms with van der Waals surface area (Å²) in [6.45, 7) is 2.72. The largest absolute Gasteiger partial charge is 0.481 e. The third-order valence-electron chi connectivity index (χ3n) is 5.07. The summed E-state index contributed by atoms with van der Waals surface area (Å²) in [5.74, 6) is -1.16. The number of hydrogen-bond donors (Lipinski definition) is 2. The number of aryl methyl sites for hydroxylation is 2. The Kier molecular flexibility index (Phi) is 5.53. The number of fused-ring (bicyclic) bond motifs is 3. The van der Waals surface area contributed by atoms with Crippen molar-refractivity contribution in [2.45, 2.75) is 51.9 Å². The van der Waals surface area contributed by atoms with Crippen LogP contribution in [0.4, 0.5) is 0 Å². The molecule has 0 amide bonds. The Bertz CT molecular complexity index is 751. The smallest absolute Gasteiger partial charge is 0.306 e. The monoisotopic (exact) mass is 341 g/mol. The van der Waals surface area contributed by atoms with Gasteiger partial charge in [0.15, 0.2) is 0 Å². The first-order valence-electron chi connectivity index (χ1n) is 9.24. The lowest BCUT2D eigenvalue weighted by Crippen LogP contribution is -2.20. The standard InChI is InChI=1S/C20H27N3O2/c1-2-4-14-6-8-18-15(11-14)7-9-19-17(22-13-23(18)19)12-16(20(24)25)5-3-10-21/h6,8,11,13,16H,2-5,7,9-10,12,21H2,1H3,(H,24,25). The third kappa shape index (κ3) is 3.76. The zero-order valence-corrected chi connectivity index (χ0v) is 14.9. The van der Waals surface area contributed by atoms with Crippen LogP contribution < -0.4 is 5.73 Å². The fraction of sp³-hybridized carbons (Fsp3) is 0.500. The predicted octanol–water partition coefficient (Wildman–Crippen LogP) is 2.91. The number of nitrogens with two attached hydrogens (primary N) is 1. The first-order chi connectivity index (χ1) is 12.1. The van der Waals surface area contributed by atoms with Gasteiger partial charge in [-0.2, -0.15) is 0 Å². The molecule has 1 aromatic heterocycles. The van der Waals surface area contributed by atoms with E-state index in [4.69, 9.17) is 5.73 Å². The summed E-state index contributed by atoms with van der Waals surface area (Å²) >= 11 is 0. The van der Waals surface area contributed by atoms with Crippen molar-refractivity contribution in [1.29, 1.82) is 0 Å². The lowest BCUT2D eigenvalue weighted by Gasteiger charge is -2.21. The van der Waals surface area contributed by atoms with Gasteiger partial charge in [-0.25, -0.2) is 4.98 Å². The minimum absolute atomic E-state index is 0.406. The highest BCUT2D eigenvalue weighted by molar-refractivity contribution is 5.70. The fourth-order valence-electron chi connectivity index (χ4n) is 3.74. The Balaban J connectivity index is 1.84. The van der Waals surface area contributed by atoms with Crippen LogP contribution in [0.5, 0.6) is 0 Å². The van der Waals surface area contributed by atoms with Crippen molar-refractivity contribution in [3.8, 4) is 5.69 Å². The summed E-state index contributed by atoms with van der Waals surface area (Å²) in [6, 6.07) is 6.68. The average Bonchev–Trinajstić information content (AvgIpc) is 3.01. The molecule has 0 fully saturated rings. The summed E-state index contributed by atoms with van der Waals surface area (Å²) in [5.41, 5.74) is 11.6. The maximum Gasteiger partial charge on any atom is 0.306 e. The second-order valence-corrected chi connectivity index (χ2v) is 6.89. The Hall–Kier alpha value is -2.14. The van der Waals surface area contributed by atoms with Crippen LogP contribution in [0.1, 0.15) is 48.7 Å². The topological polar surface area (TPSA) is 81.1 Å². The number of aliphatic carboxylic acids is 1. The molecular weight excluding hydrogens is 314 g/mol. The molecule has 2 aromatic rings. The molecule has 1 atom stereocenters. The SMILES string of the molecule is CCCc1ccc2c(c1)CCc1c(CC(CCCN)C(=O)O)ncn1-2. The van der Waals surface area contributed by atoms with Crippen LogP contribution in [0.3, 0.4) is 0 Å². The Morgan fingerprint density at radius 1 is 1.40 bits per heavy atom. The minimum Gasteiger partial charge on any atom is -0.481 e.